The number of rotatable bonds is 2. The van der Waals surface area contributed by atoms with Gasteiger partial charge in [-0.15, -0.1) is 5.73 Å². The van der Waals surface area contributed by atoms with E-state index >= 15 is 0 Å². The van der Waals surface area contributed by atoms with E-state index in [1.54, 1.807) is 11.0 Å². The quantitative estimate of drug-likeness (QED) is 0.393. The van der Waals surface area contributed by atoms with Crippen LogP contribution in [0, 0.1) is 28.6 Å². The Labute approximate surface area is 188 Å². The van der Waals surface area contributed by atoms with Crippen molar-refractivity contribution < 1.29 is 9.00 Å². The molecule has 0 aromatic heterocycles. The van der Waals surface area contributed by atoms with E-state index in [1.807, 2.05) is 36.4 Å². The van der Waals surface area contributed by atoms with Crippen molar-refractivity contribution in [2.24, 2.45) is 28.6 Å². The van der Waals surface area contributed by atoms with E-state index in [9.17, 15) is 9.00 Å². The molecule has 0 aliphatic heterocycles. The van der Waals surface area contributed by atoms with E-state index in [2.05, 4.69) is 32.6 Å². The molecule has 31 heavy (non-hydrogen) atoms. The summed E-state index contributed by atoms with van der Waals surface area (Å²) in [5.74, 6) is 1.98. The fraction of sp³-hybridized carbons (Fsp3) is 0.500. The zero-order valence-electron chi connectivity index (χ0n) is 18.8. The molecular weight excluding hydrogens is 400 g/mol. The van der Waals surface area contributed by atoms with Gasteiger partial charge in [-0.05, 0) is 73.6 Å². The van der Waals surface area contributed by atoms with E-state index < -0.39 is 10.8 Å². The van der Waals surface area contributed by atoms with Crippen molar-refractivity contribution in [2.75, 3.05) is 0 Å². The summed E-state index contributed by atoms with van der Waals surface area (Å²) in [6.07, 6.45) is 10.5. The summed E-state index contributed by atoms with van der Waals surface area (Å²) >= 11 is 0. The summed E-state index contributed by atoms with van der Waals surface area (Å²) in [7, 11) is -1.15. The van der Waals surface area contributed by atoms with Crippen LogP contribution in [-0.2, 0) is 15.6 Å². The third-order valence-corrected chi connectivity index (χ3v) is 9.83. The highest BCUT2D eigenvalue weighted by atomic mass is 32.2. The highest BCUT2D eigenvalue weighted by Gasteiger charge is 2.55. The average Bonchev–Trinajstić information content (AvgIpc) is 3.10. The third kappa shape index (κ3) is 3.29. The maximum atomic E-state index is 12.7. The molecule has 0 amide bonds. The lowest BCUT2D eigenvalue weighted by Gasteiger charge is -2.54. The van der Waals surface area contributed by atoms with Crippen LogP contribution in [0.3, 0.4) is 0 Å². The Morgan fingerprint density at radius 1 is 1.13 bits per heavy atom. The molecule has 1 aromatic rings. The molecule has 2 unspecified atom stereocenters. The van der Waals surface area contributed by atoms with Crippen LogP contribution < -0.4 is 0 Å². The highest BCUT2D eigenvalue weighted by Crippen LogP contribution is 2.65. The summed E-state index contributed by atoms with van der Waals surface area (Å²) in [5, 5.41) is 1.77. The van der Waals surface area contributed by atoms with Gasteiger partial charge in [0.05, 0.1) is 10.8 Å². The van der Waals surface area contributed by atoms with Crippen molar-refractivity contribution >= 4 is 16.6 Å². The predicted molar refractivity (Wildman–Crippen MR) is 126 cm³/mol. The number of benzene rings is 1. The molecule has 5 rings (SSSR count). The van der Waals surface area contributed by atoms with Crippen molar-refractivity contribution in [3.63, 3.8) is 0 Å². The van der Waals surface area contributed by atoms with Gasteiger partial charge < -0.3 is 0 Å². The minimum absolute atomic E-state index is 0.0642. The number of allylic oxidation sites excluding steroid dienone is 5. The summed E-state index contributed by atoms with van der Waals surface area (Å²) in [6.45, 7) is 7.11. The van der Waals surface area contributed by atoms with Crippen molar-refractivity contribution in [3.8, 4) is 0 Å². The molecule has 3 heteroatoms. The minimum atomic E-state index is -1.15. The van der Waals surface area contributed by atoms with Gasteiger partial charge in [0.25, 0.3) is 0 Å². The Bertz CT molecular complexity index is 1070. The first-order valence-corrected chi connectivity index (χ1v) is 12.9. The standard InChI is InChI=1S/C28H32O2S/c1-19-17-23-24-10-9-20(13-16-31(30)22-7-5-4-6-8-22)27(24,2)15-12-25(23)28(3)14-11-21(29)18-26(19)28/h4-8,12,16,18-19,23-24H,9-11,14-15,17H2,1-3H3/t13?,19?,23-,24-,27+,28+,31?/m0/s1. The van der Waals surface area contributed by atoms with Crippen LogP contribution in [0.2, 0.25) is 0 Å². The zero-order valence-corrected chi connectivity index (χ0v) is 19.6. The van der Waals surface area contributed by atoms with Crippen LogP contribution >= 0.6 is 0 Å². The molecule has 0 radical (unpaired) electrons. The van der Waals surface area contributed by atoms with Crippen LogP contribution in [0.1, 0.15) is 59.3 Å². The molecule has 1 aromatic carbocycles. The molecule has 0 spiro atoms. The molecule has 4 aliphatic rings. The summed E-state index contributed by atoms with van der Waals surface area (Å²) in [6, 6.07) is 9.64. The van der Waals surface area contributed by atoms with Gasteiger partial charge in [-0.3, -0.25) is 4.79 Å². The number of carbonyl (C=O) groups is 1. The second-order valence-corrected chi connectivity index (χ2v) is 11.7. The molecule has 0 heterocycles. The van der Waals surface area contributed by atoms with E-state index in [1.165, 1.54) is 17.6 Å². The molecule has 4 aliphatic carbocycles. The number of hydrogen-bond donors (Lipinski definition) is 0. The Morgan fingerprint density at radius 2 is 1.90 bits per heavy atom. The van der Waals surface area contributed by atoms with Crippen molar-refractivity contribution in [1.82, 2.24) is 0 Å². The maximum Gasteiger partial charge on any atom is 0.155 e. The van der Waals surface area contributed by atoms with Crippen molar-refractivity contribution in [3.05, 3.63) is 70.3 Å². The first-order valence-electron chi connectivity index (χ1n) is 11.7. The fourth-order valence-electron chi connectivity index (χ4n) is 7.08. The van der Waals surface area contributed by atoms with Gasteiger partial charge in [-0.2, -0.15) is 0 Å². The predicted octanol–water partition coefficient (Wildman–Crippen LogP) is 6.53. The number of fused-ring (bicyclic) bond motifs is 5. The van der Waals surface area contributed by atoms with E-state index in [0.717, 1.165) is 30.6 Å². The van der Waals surface area contributed by atoms with Crippen molar-refractivity contribution in [2.45, 2.75) is 64.2 Å². The van der Waals surface area contributed by atoms with Gasteiger partial charge in [-0.25, -0.2) is 4.21 Å². The van der Waals surface area contributed by atoms with Crippen LogP contribution in [-0.4, -0.2) is 9.99 Å². The Morgan fingerprint density at radius 3 is 2.68 bits per heavy atom. The van der Waals surface area contributed by atoms with E-state index in [-0.39, 0.29) is 10.8 Å². The summed E-state index contributed by atoms with van der Waals surface area (Å²) < 4.78 is 12.7. The highest BCUT2D eigenvalue weighted by molar-refractivity contribution is 7.88. The topological polar surface area (TPSA) is 34.1 Å². The lowest BCUT2D eigenvalue weighted by molar-refractivity contribution is -0.115. The summed E-state index contributed by atoms with van der Waals surface area (Å²) in [5.41, 5.74) is 7.99. The molecule has 0 N–H and O–H groups in total. The molecule has 0 bridgehead atoms. The molecule has 6 atom stereocenters. The Hall–Kier alpha value is -1.96. The van der Waals surface area contributed by atoms with E-state index in [4.69, 9.17) is 0 Å². The van der Waals surface area contributed by atoms with Crippen LogP contribution in [0.15, 0.2) is 75.2 Å². The fourth-order valence-corrected chi connectivity index (χ4v) is 7.89. The lowest BCUT2D eigenvalue weighted by atomic mass is 9.50. The number of carbonyl (C=O) groups excluding carboxylic acids is 1. The molecule has 2 fully saturated rings. The zero-order chi connectivity index (χ0) is 21.8. The van der Waals surface area contributed by atoms with Crippen molar-refractivity contribution in [1.29, 1.82) is 0 Å². The van der Waals surface area contributed by atoms with Crippen LogP contribution in [0.25, 0.3) is 0 Å². The maximum absolute atomic E-state index is 12.7. The number of hydrogen-bond acceptors (Lipinski definition) is 2. The third-order valence-electron chi connectivity index (χ3n) is 8.76. The normalized spacial score (nSPS) is 37.6. The van der Waals surface area contributed by atoms with Crippen LogP contribution in [0.5, 0.6) is 0 Å². The first-order chi connectivity index (χ1) is 14.8. The monoisotopic (exact) mass is 432 g/mol. The van der Waals surface area contributed by atoms with Gasteiger partial charge in [0, 0.05) is 27.6 Å². The molecular formula is C28H32O2S. The Kier molecular flexibility index (Phi) is 5.11. The first kappa shape index (κ1) is 20.9. The van der Waals surface area contributed by atoms with Crippen LogP contribution in [0.4, 0.5) is 0 Å². The second-order valence-electron chi connectivity index (χ2n) is 10.4. The second kappa shape index (κ2) is 7.57. The Balaban J connectivity index is 1.49. The SMILES string of the molecule is CC1C[C@@H]2C(=CC[C@]3(C)C(=C=CS(=O)c4ccccc4)CC[C@@H]23)[C@@]2(C)CCC(=O)C=C12. The molecule has 0 saturated heterocycles. The molecule has 2 saturated carbocycles. The van der Waals surface area contributed by atoms with E-state index in [0.29, 0.717) is 30.0 Å². The minimum Gasteiger partial charge on any atom is -0.295 e. The largest absolute Gasteiger partial charge is 0.295 e. The summed E-state index contributed by atoms with van der Waals surface area (Å²) in [4.78, 5) is 13.0. The van der Waals surface area contributed by atoms with Gasteiger partial charge in [0.1, 0.15) is 0 Å². The van der Waals surface area contributed by atoms with Gasteiger partial charge >= 0.3 is 0 Å². The lowest BCUT2D eigenvalue weighted by Crippen LogP contribution is -2.45. The smallest absolute Gasteiger partial charge is 0.155 e. The van der Waals surface area contributed by atoms with Gasteiger partial charge in [0.2, 0.25) is 0 Å². The number of ketones is 1. The van der Waals surface area contributed by atoms with Gasteiger partial charge in [-0.1, -0.05) is 56.2 Å². The molecule has 2 nitrogen and oxygen atoms in total. The molecule has 162 valence electrons. The average molecular weight is 433 g/mol. The van der Waals surface area contributed by atoms with Gasteiger partial charge in [0.15, 0.2) is 5.78 Å².